The minimum Gasteiger partial charge on any atom is -0.394 e. The van der Waals surface area contributed by atoms with Gasteiger partial charge in [-0.05, 0) is 38.0 Å². The molecule has 0 spiro atoms. The highest BCUT2D eigenvalue weighted by molar-refractivity contribution is 5.82. The molecule has 0 aromatic rings. The summed E-state index contributed by atoms with van der Waals surface area (Å²) in [5.74, 6) is -0.742. The lowest BCUT2D eigenvalue weighted by Gasteiger charge is -2.43. The van der Waals surface area contributed by atoms with Crippen LogP contribution in [0.5, 0.6) is 0 Å². The van der Waals surface area contributed by atoms with Crippen LogP contribution in [-0.2, 0) is 14.3 Å². The lowest BCUT2D eigenvalue weighted by Crippen LogP contribution is -2.60. The Balaban J connectivity index is 1.50. The largest absolute Gasteiger partial charge is 0.394 e. The van der Waals surface area contributed by atoms with Gasteiger partial charge in [0.2, 0.25) is 0 Å². The predicted octanol–water partition coefficient (Wildman–Crippen LogP) is -1.80. The van der Waals surface area contributed by atoms with E-state index < -0.39 is 61.5 Å². The molecular weight excluding hydrogens is 412 g/mol. The number of aliphatic hydroxyl groups excluding tert-OH is 7. The fourth-order valence-corrected chi connectivity index (χ4v) is 5.04. The molecule has 0 bridgehead atoms. The molecule has 31 heavy (non-hydrogen) atoms. The summed E-state index contributed by atoms with van der Waals surface area (Å²) in [4.78, 5) is 12.7. The van der Waals surface area contributed by atoms with Crippen molar-refractivity contribution < 1.29 is 50.0 Å². The Kier molecular flexibility index (Phi) is 8.81. The first-order chi connectivity index (χ1) is 14.7. The summed E-state index contributed by atoms with van der Waals surface area (Å²) >= 11 is 0. The van der Waals surface area contributed by atoms with E-state index in [2.05, 4.69) is 0 Å². The molecule has 0 aromatic carbocycles. The van der Waals surface area contributed by atoms with Gasteiger partial charge >= 0.3 is 0 Å². The molecule has 0 aromatic heterocycles. The van der Waals surface area contributed by atoms with Gasteiger partial charge < -0.3 is 45.2 Å². The summed E-state index contributed by atoms with van der Waals surface area (Å²) in [6.45, 7) is -0.586. The Labute approximate surface area is 181 Å². The van der Waals surface area contributed by atoms with E-state index in [1.54, 1.807) is 0 Å². The molecule has 10 heteroatoms. The Morgan fingerprint density at radius 1 is 0.871 bits per heavy atom. The highest BCUT2D eigenvalue weighted by Gasteiger charge is 2.47. The quantitative estimate of drug-likeness (QED) is 0.235. The molecule has 0 amide bonds. The van der Waals surface area contributed by atoms with Crippen molar-refractivity contribution in [1.29, 1.82) is 0 Å². The van der Waals surface area contributed by atoms with Crippen LogP contribution in [0, 0.1) is 11.8 Å². The number of hydrogen-bond acceptors (Lipinski definition) is 10. The number of ether oxygens (including phenoxy) is 2. The third-order valence-corrected chi connectivity index (χ3v) is 7.00. The van der Waals surface area contributed by atoms with Crippen LogP contribution in [0.25, 0.3) is 0 Å². The maximum absolute atomic E-state index is 12.7. The smallest absolute Gasteiger partial charge is 0.186 e. The lowest BCUT2D eigenvalue weighted by molar-refractivity contribution is -0.316. The molecule has 1 aliphatic heterocycles. The average Bonchev–Trinajstić information content (AvgIpc) is 2.73. The van der Waals surface area contributed by atoms with Crippen molar-refractivity contribution in [3.63, 3.8) is 0 Å². The molecule has 7 N–H and O–H groups in total. The molecule has 1 heterocycles. The Hall–Kier alpha value is -0.690. The molecule has 180 valence electrons. The fourth-order valence-electron chi connectivity index (χ4n) is 5.04. The molecule has 1 saturated heterocycles. The maximum atomic E-state index is 12.7. The van der Waals surface area contributed by atoms with Gasteiger partial charge in [-0.1, -0.05) is 0 Å². The topological polar surface area (TPSA) is 177 Å². The van der Waals surface area contributed by atoms with E-state index in [1.165, 1.54) is 0 Å². The second-order valence-corrected chi connectivity index (χ2v) is 9.27. The third-order valence-electron chi connectivity index (χ3n) is 7.00. The minimum absolute atomic E-state index is 0.0398. The van der Waals surface area contributed by atoms with Crippen LogP contribution in [0.3, 0.4) is 0 Å². The standard InChI is InChI=1S/C21H36O10/c22-9-16-18(27)19(28)20(29)21(31-16)30-12-7-14(25)17(15(26)8-12)13(24)6-3-10-1-4-11(23)5-2-10/h10-12,14-23,25-29H,1-9H2/t10?,11?,12?,14?,15?,16-,17?,18-,19+,20-,21-/m1/s1. The highest BCUT2D eigenvalue weighted by Crippen LogP contribution is 2.34. The highest BCUT2D eigenvalue weighted by atomic mass is 16.7. The van der Waals surface area contributed by atoms with Crippen molar-refractivity contribution in [2.75, 3.05) is 6.61 Å². The SMILES string of the molecule is O=C(CCC1CCC(O)CC1)C1C(O)CC(O[C@@H]2O[C@H](CO)[C@@H](O)[C@H](O)[C@H]2O)CC1O. The first-order valence-electron chi connectivity index (χ1n) is 11.2. The van der Waals surface area contributed by atoms with Gasteiger partial charge in [-0.25, -0.2) is 0 Å². The van der Waals surface area contributed by atoms with Crippen LogP contribution in [0.4, 0.5) is 0 Å². The number of carbonyl (C=O) groups is 1. The summed E-state index contributed by atoms with van der Waals surface area (Å²) in [6.07, 6.45) is -6.12. The van der Waals surface area contributed by atoms with Crippen molar-refractivity contribution in [3.8, 4) is 0 Å². The zero-order valence-corrected chi connectivity index (χ0v) is 17.6. The Morgan fingerprint density at radius 2 is 1.48 bits per heavy atom. The molecule has 2 saturated carbocycles. The maximum Gasteiger partial charge on any atom is 0.186 e. The van der Waals surface area contributed by atoms with E-state index in [-0.39, 0.29) is 31.1 Å². The molecular formula is C21H36O10. The van der Waals surface area contributed by atoms with E-state index in [9.17, 15) is 40.5 Å². The Bertz CT molecular complexity index is 567. The third kappa shape index (κ3) is 6.01. The van der Waals surface area contributed by atoms with Crippen molar-refractivity contribution in [2.24, 2.45) is 11.8 Å². The monoisotopic (exact) mass is 448 g/mol. The summed E-state index contributed by atoms with van der Waals surface area (Å²) < 4.78 is 10.9. The van der Waals surface area contributed by atoms with E-state index in [1.807, 2.05) is 0 Å². The second kappa shape index (κ2) is 11.0. The molecule has 7 atom stereocenters. The van der Waals surface area contributed by atoms with Crippen LogP contribution >= 0.6 is 0 Å². The van der Waals surface area contributed by atoms with E-state index in [4.69, 9.17) is 9.47 Å². The van der Waals surface area contributed by atoms with Crippen LogP contribution in [0.2, 0.25) is 0 Å². The Morgan fingerprint density at radius 3 is 2.06 bits per heavy atom. The first-order valence-corrected chi connectivity index (χ1v) is 11.2. The number of rotatable bonds is 7. The first kappa shape index (κ1) is 24.9. The molecule has 10 nitrogen and oxygen atoms in total. The zero-order valence-electron chi connectivity index (χ0n) is 17.6. The summed E-state index contributed by atoms with van der Waals surface area (Å²) in [5, 5.41) is 69.7. The van der Waals surface area contributed by atoms with Crippen molar-refractivity contribution in [2.45, 2.75) is 106 Å². The van der Waals surface area contributed by atoms with Gasteiger partial charge in [0.15, 0.2) is 6.29 Å². The van der Waals surface area contributed by atoms with Crippen LogP contribution in [-0.4, -0.2) is 103 Å². The number of aliphatic hydroxyl groups is 7. The summed E-state index contributed by atoms with van der Waals surface area (Å²) in [6, 6.07) is 0. The molecule has 2 aliphatic carbocycles. The van der Waals surface area contributed by atoms with Gasteiger partial charge in [-0.2, -0.15) is 0 Å². The zero-order chi connectivity index (χ0) is 22.7. The number of carbonyl (C=O) groups excluding carboxylic acids is 1. The van der Waals surface area contributed by atoms with Gasteiger partial charge in [0.25, 0.3) is 0 Å². The minimum atomic E-state index is -1.58. The van der Waals surface area contributed by atoms with Crippen LogP contribution in [0.1, 0.15) is 51.4 Å². The van der Waals surface area contributed by atoms with E-state index >= 15 is 0 Å². The fraction of sp³-hybridized carbons (Fsp3) is 0.952. The van der Waals surface area contributed by atoms with Crippen molar-refractivity contribution >= 4 is 5.78 Å². The molecule has 3 aliphatic rings. The summed E-state index contributed by atoms with van der Waals surface area (Å²) in [7, 11) is 0. The van der Waals surface area contributed by atoms with Crippen LogP contribution < -0.4 is 0 Å². The van der Waals surface area contributed by atoms with Gasteiger partial charge in [0.1, 0.15) is 30.2 Å². The van der Waals surface area contributed by atoms with Gasteiger partial charge in [0, 0.05) is 19.3 Å². The van der Waals surface area contributed by atoms with Crippen molar-refractivity contribution in [3.05, 3.63) is 0 Å². The number of ketones is 1. The van der Waals surface area contributed by atoms with Gasteiger partial charge in [-0.3, -0.25) is 4.79 Å². The van der Waals surface area contributed by atoms with Crippen molar-refractivity contribution in [1.82, 2.24) is 0 Å². The lowest BCUT2D eigenvalue weighted by atomic mass is 9.77. The molecule has 0 radical (unpaired) electrons. The van der Waals surface area contributed by atoms with Gasteiger partial charge in [-0.15, -0.1) is 0 Å². The molecule has 3 rings (SSSR count). The van der Waals surface area contributed by atoms with Gasteiger partial charge in [0.05, 0.1) is 36.9 Å². The number of hydrogen-bond donors (Lipinski definition) is 7. The predicted molar refractivity (Wildman–Crippen MR) is 106 cm³/mol. The number of Topliss-reactive ketones (excluding diaryl/α,β-unsaturated/α-hetero) is 1. The van der Waals surface area contributed by atoms with E-state index in [0.717, 1.165) is 25.7 Å². The molecule has 2 unspecified atom stereocenters. The average molecular weight is 449 g/mol. The normalized spacial score (nSPS) is 46.6. The molecule has 3 fully saturated rings. The summed E-state index contributed by atoms with van der Waals surface area (Å²) in [5.41, 5.74) is 0. The second-order valence-electron chi connectivity index (χ2n) is 9.27. The van der Waals surface area contributed by atoms with Crippen LogP contribution in [0.15, 0.2) is 0 Å². The van der Waals surface area contributed by atoms with E-state index in [0.29, 0.717) is 12.3 Å².